The van der Waals surface area contributed by atoms with Gasteiger partial charge in [0, 0.05) is 31.9 Å². The van der Waals surface area contributed by atoms with Gasteiger partial charge in [-0.15, -0.1) is 0 Å². The van der Waals surface area contributed by atoms with Crippen molar-refractivity contribution in [1.29, 1.82) is 0 Å². The van der Waals surface area contributed by atoms with Crippen LogP contribution in [0.25, 0.3) is 0 Å². The molecule has 4 heteroatoms. The van der Waals surface area contributed by atoms with E-state index >= 15 is 0 Å². The van der Waals surface area contributed by atoms with E-state index < -0.39 is 0 Å². The maximum absolute atomic E-state index is 11.6. The molecule has 16 heavy (non-hydrogen) atoms. The monoisotopic (exact) mass is 219 g/mol. The predicted molar refractivity (Wildman–Crippen MR) is 61.7 cm³/mol. The summed E-state index contributed by atoms with van der Waals surface area (Å²) < 4.78 is 1.95. The fourth-order valence-corrected chi connectivity index (χ4v) is 1.92. The number of imidazole rings is 1. The third-order valence-corrected chi connectivity index (χ3v) is 2.81. The number of hydrogen-bond donors (Lipinski definition) is 1. The minimum absolute atomic E-state index is 0.150. The third-order valence-electron chi connectivity index (χ3n) is 2.81. The standard InChI is InChI=1S/C12H17N3O/c16-12(9-11-3-1-2-4-11)14-6-8-15-7-5-13-10-15/h1,3,5,7,10-11H,2,4,6,8-9H2,(H,14,16)/t11-/m0/s1. The Bertz CT molecular complexity index is 356. The number of allylic oxidation sites excluding steroid dienone is 2. The van der Waals surface area contributed by atoms with Gasteiger partial charge in [0.25, 0.3) is 0 Å². The fraction of sp³-hybridized carbons (Fsp3) is 0.500. The minimum Gasteiger partial charge on any atom is -0.354 e. The molecule has 1 aromatic rings. The van der Waals surface area contributed by atoms with Crippen molar-refractivity contribution >= 4 is 5.91 Å². The molecule has 0 aromatic carbocycles. The summed E-state index contributed by atoms with van der Waals surface area (Å²) in [6.45, 7) is 1.46. The van der Waals surface area contributed by atoms with Crippen LogP contribution >= 0.6 is 0 Å². The lowest BCUT2D eigenvalue weighted by Gasteiger charge is -2.08. The molecule has 4 nitrogen and oxygen atoms in total. The quantitative estimate of drug-likeness (QED) is 0.760. The minimum atomic E-state index is 0.150. The van der Waals surface area contributed by atoms with Crippen molar-refractivity contribution in [3.05, 3.63) is 30.9 Å². The lowest BCUT2D eigenvalue weighted by atomic mass is 10.1. The largest absolute Gasteiger partial charge is 0.354 e. The molecule has 0 spiro atoms. The van der Waals surface area contributed by atoms with Crippen LogP contribution in [0.1, 0.15) is 19.3 Å². The van der Waals surface area contributed by atoms with Crippen LogP contribution in [0, 0.1) is 5.92 Å². The van der Waals surface area contributed by atoms with Gasteiger partial charge in [-0.05, 0) is 18.8 Å². The van der Waals surface area contributed by atoms with Crippen molar-refractivity contribution in [2.75, 3.05) is 6.54 Å². The molecule has 86 valence electrons. The molecule has 0 bridgehead atoms. The number of carbonyl (C=O) groups excluding carboxylic acids is 1. The highest BCUT2D eigenvalue weighted by molar-refractivity contribution is 5.76. The van der Waals surface area contributed by atoms with Gasteiger partial charge in [0.15, 0.2) is 0 Å². The van der Waals surface area contributed by atoms with Crippen LogP contribution in [0.2, 0.25) is 0 Å². The second kappa shape index (κ2) is 5.49. The SMILES string of the molecule is O=C(C[C@H]1C=CCC1)NCCn1ccnc1. The number of aromatic nitrogens is 2. The molecule has 0 saturated carbocycles. The smallest absolute Gasteiger partial charge is 0.220 e. The van der Waals surface area contributed by atoms with E-state index in [0.717, 1.165) is 19.4 Å². The molecule has 1 aliphatic rings. The summed E-state index contributed by atoms with van der Waals surface area (Å²) in [5.74, 6) is 0.602. The van der Waals surface area contributed by atoms with E-state index in [4.69, 9.17) is 0 Å². The Kier molecular flexibility index (Phi) is 3.75. The van der Waals surface area contributed by atoms with E-state index in [1.54, 1.807) is 12.5 Å². The number of carbonyl (C=O) groups is 1. The van der Waals surface area contributed by atoms with Crippen molar-refractivity contribution in [1.82, 2.24) is 14.9 Å². The van der Waals surface area contributed by atoms with Crippen LogP contribution in [0.4, 0.5) is 0 Å². The second-order valence-corrected chi connectivity index (χ2v) is 4.12. The molecule has 0 unspecified atom stereocenters. The first-order valence-corrected chi connectivity index (χ1v) is 5.73. The van der Waals surface area contributed by atoms with Crippen LogP contribution in [-0.2, 0) is 11.3 Å². The zero-order valence-electron chi connectivity index (χ0n) is 9.30. The average molecular weight is 219 g/mol. The van der Waals surface area contributed by atoms with Crippen LogP contribution in [0.3, 0.4) is 0 Å². The Morgan fingerprint density at radius 3 is 3.19 bits per heavy atom. The Morgan fingerprint density at radius 2 is 2.50 bits per heavy atom. The van der Waals surface area contributed by atoms with Gasteiger partial charge in [0.1, 0.15) is 0 Å². The van der Waals surface area contributed by atoms with Crippen LogP contribution < -0.4 is 5.32 Å². The van der Waals surface area contributed by atoms with Crippen molar-refractivity contribution in [3.8, 4) is 0 Å². The topological polar surface area (TPSA) is 46.9 Å². The summed E-state index contributed by atoms with van der Waals surface area (Å²) in [5, 5.41) is 2.93. The van der Waals surface area contributed by atoms with Gasteiger partial charge in [0.05, 0.1) is 6.33 Å². The Balaban J connectivity index is 1.62. The molecule has 1 aromatic heterocycles. The van der Waals surface area contributed by atoms with Gasteiger partial charge >= 0.3 is 0 Å². The molecule has 1 heterocycles. The lowest BCUT2D eigenvalue weighted by Crippen LogP contribution is -2.28. The fourth-order valence-electron chi connectivity index (χ4n) is 1.92. The highest BCUT2D eigenvalue weighted by Crippen LogP contribution is 2.19. The second-order valence-electron chi connectivity index (χ2n) is 4.12. The van der Waals surface area contributed by atoms with E-state index in [2.05, 4.69) is 22.5 Å². The van der Waals surface area contributed by atoms with E-state index in [1.807, 2.05) is 10.8 Å². The van der Waals surface area contributed by atoms with Gasteiger partial charge in [-0.1, -0.05) is 12.2 Å². The Labute approximate surface area is 95.4 Å². The molecular formula is C12H17N3O. The molecule has 1 amide bonds. The summed E-state index contributed by atoms with van der Waals surface area (Å²) in [6.07, 6.45) is 12.6. The van der Waals surface area contributed by atoms with Crippen molar-refractivity contribution in [2.24, 2.45) is 5.92 Å². The van der Waals surface area contributed by atoms with Gasteiger partial charge in [-0.25, -0.2) is 4.98 Å². The highest BCUT2D eigenvalue weighted by atomic mass is 16.1. The number of amides is 1. The van der Waals surface area contributed by atoms with E-state index in [-0.39, 0.29) is 5.91 Å². The molecule has 0 aliphatic heterocycles. The molecule has 2 rings (SSSR count). The van der Waals surface area contributed by atoms with E-state index in [1.165, 1.54) is 0 Å². The normalized spacial score (nSPS) is 18.9. The first kappa shape index (κ1) is 10.9. The number of nitrogens with zero attached hydrogens (tertiary/aromatic N) is 2. The molecule has 1 N–H and O–H groups in total. The number of hydrogen-bond acceptors (Lipinski definition) is 2. The van der Waals surface area contributed by atoms with Gasteiger partial charge in [-0.3, -0.25) is 4.79 Å². The zero-order chi connectivity index (χ0) is 11.2. The van der Waals surface area contributed by atoms with Crippen molar-refractivity contribution in [2.45, 2.75) is 25.8 Å². The molecule has 1 atom stereocenters. The first-order chi connectivity index (χ1) is 7.84. The lowest BCUT2D eigenvalue weighted by molar-refractivity contribution is -0.121. The average Bonchev–Trinajstić information content (AvgIpc) is 2.90. The Hall–Kier alpha value is -1.58. The zero-order valence-corrected chi connectivity index (χ0v) is 9.30. The van der Waals surface area contributed by atoms with E-state index in [0.29, 0.717) is 18.9 Å². The Morgan fingerprint density at radius 1 is 1.56 bits per heavy atom. The third kappa shape index (κ3) is 3.22. The van der Waals surface area contributed by atoms with Crippen LogP contribution in [0.15, 0.2) is 30.9 Å². The molecule has 0 fully saturated rings. The summed E-state index contributed by atoms with van der Waals surface area (Å²) in [5.41, 5.74) is 0. The van der Waals surface area contributed by atoms with Crippen LogP contribution in [0.5, 0.6) is 0 Å². The van der Waals surface area contributed by atoms with Gasteiger partial charge in [0.2, 0.25) is 5.91 Å². The highest BCUT2D eigenvalue weighted by Gasteiger charge is 2.13. The summed E-state index contributed by atoms with van der Waals surface area (Å²) in [4.78, 5) is 15.5. The maximum Gasteiger partial charge on any atom is 0.220 e. The number of rotatable bonds is 5. The van der Waals surface area contributed by atoms with Crippen molar-refractivity contribution < 1.29 is 4.79 Å². The van der Waals surface area contributed by atoms with Gasteiger partial charge in [-0.2, -0.15) is 0 Å². The number of nitrogens with one attached hydrogen (secondary N) is 1. The summed E-state index contributed by atoms with van der Waals surface area (Å²) >= 11 is 0. The van der Waals surface area contributed by atoms with Crippen molar-refractivity contribution in [3.63, 3.8) is 0 Å². The predicted octanol–water partition coefficient (Wildman–Crippen LogP) is 1.36. The molecule has 1 aliphatic carbocycles. The summed E-state index contributed by atoms with van der Waals surface area (Å²) in [6, 6.07) is 0. The molecule has 0 saturated heterocycles. The molecular weight excluding hydrogens is 202 g/mol. The summed E-state index contributed by atoms with van der Waals surface area (Å²) in [7, 11) is 0. The first-order valence-electron chi connectivity index (χ1n) is 5.73. The van der Waals surface area contributed by atoms with E-state index in [9.17, 15) is 4.79 Å². The maximum atomic E-state index is 11.6. The van der Waals surface area contributed by atoms with Crippen LogP contribution in [-0.4, -0.2) is 22.0 Å². The van der Waals surface area contributed by atoms with Gasteiger partial charge < -0.3 is 9.88 Å². The molecule has 0 radical (unpaired) electrons.